The summed E-state index contributed by atoms with van der Waals surface area (Å²) in [7, 11) is 1.64. The van der Waals surface area contributed by atoms with Gasteiger partial charge >= 0.3 is 0 Å². The molecular weight excluding hydrogens is 413 g/mol. The van der Waals surface area contributed by atoms with E-state index in [1.807, 2.05) is 42.5 Å². The van der Waals surface area contributed by atoms with Crippen molar-refractivity contribution < 1.29 is 9.53 Å². The molecule has 158 valence electrons. The molecule has 3 aromatic rings. The van der Waals surface area contributed by atoms with Crippen LogP contribution in [-0.4, -0.2) is 42.1 Å². The predicted molar refractivity (Wildman–Crippen MR) is 121 cm³/mol. The number of hydrogen-bond acceptors (Lipinski definition) is 5. The first-order chi connectivity index (χ1) is 13.1. The van der Waals surface area contributed by atoms with E-state index in [0.717, 1.165) is 40.8 Å². The summed E-state index contributed by atoms with van der Waals surface area (Å²) in [4.78, 5) is 19.8. The third-order valence-corrected chi connectivity index (χ3v) is 4.43. The maximum absolute atomic E-state index is 12.3. The van der Waals surface area contributed by atoms with Crippen LogP contribution in [0.25, 0.3) is 22.2 Å². The molecule has 6 N–H and O–H groups in total. The number of hydrogen-bond donors (Lipinski definition) is 4. The minimum absolute atomic E-state index is 0. The molecule has 0 saturated heterocycles. The highest BCUT2D eigenvalue weighted by molar-refractivity contribution is 5.95. The van der Waals surface area contributed by atoms with E-state index >= 15 is 0 Å². The number of fused-ring (bicyclic) bond motifs is 1. The van der Waals surface area contributed by atoms with Gasteiger partial charge in [0.05, 0.1) is 18.1 Å². The molecule has 9 heteroatoms. The number of rotatable bonds is 8. The van der Waals surface area contributed by atoms with Gasteiger partial charge in [0.25, 0.3) is 5.91 Å². The van der Waals surface area contributed by atoms with Crippen molar-refractivity contribution in [1.82, 2.24) is 15.3 Å². The molecule has 1 unspecified atom stereocenters. The van der Waals surface area contributed by atoms with Gasteiger partial charge in [0.15, 0.2) is 5.82 Å². The smallest absolute Gasteiger partial charge is 0.287 e. The molecule has 7 nitrogen and oxygen atoms in total. The SMILES string of the molecule is COc1ccc(-c2ccc3[nH]c(C(=O)NCC(N)CCCN)nc3c2)cc1.Cl.Cl. The van der Waals surface area contributed by atoms with Crippen molar-refractivity contribution >= 4 is 41.8 Å². The van der Waals surface area contributed by atoms with Gasteiger partial charge in [0.1, 0.15) is 5.75 Å². The van der Waals surface area contributed by atoms with Crippen LogP contribution in [0.5, 0.6) is 5.75 Å². The Morgan fingerprint density at radius 2 is 1.86 bits per heavy atom. The van der Waals surface area contributed by atoms with Crippen LogP contribution >= 0.6 is 24.8 Å². The molecule has 0 aliphatic rings. The molecule has 0 aliphatic heterocycles. The normalized spacial score (nSPS) is 11.3. The number of aromatic nitrogens is 2. The number of nitrogens with two attached hydrogens (primary N) is 2. The van der Waals surface area contributed by atoms with Crippen LogP contribution in [0.1, 0.15) is 23.5 Å². The Balaban J connectivity index is 0.00000210. The van der Waals surface area contributed by atoms with Crippen molar-refractivity contribution in [2.24, 2.45) is 11.5 Å². The highest BCUT2D eigenvalue weighted by atomic mass is 35.5. The Morgan fingerprint density at radius 3 is 2.52 bits per heavy atom. The van der Waals surface area contributed by atoms with E-state index in [1.54, 1.807) is 7.11 Å². The second kappa shape index (κ2) is 11.6. The van der Waals surface area contributed by atoms with Crippen molar-refractivity contribution in [3.05, 3.63) is 48.3 Å². The quantitative estimate of drug-likeness (QED) is 0.430. The Bertz CT molecular complexity index is 915. The van der Waals surface area contributed by atoms with Gasteiger partial charge < -0.3 is 26.5 Å². The lowest BCUT2D eigenvalue weighted by molar-refractivity contribution is 0.0941. The first kappa shape index (κ1) is 24.7. The maximum atomic E-state index is 12.3. The molecule has 1 heterocycles. The van der Waals surface area contributed by atoms with Crippen LogP contribution in [0.4, 0.5) is 0 Å². The monoisotopic (exact) mass is 439 g/mol. The van der Waals surface area contributed by atoms with E-state index in [2.05, 4.69) is 15.3 Å². The zero-order valence-corrected chi connectivity index (χ0v) is 17.8. The van der Waals surface area contributed by atoms with Crippen molar-refractivity contribution in [3.63, 3.8) is 0 Å². The van der Waals surface area contributed by atoms with Crippen molar-refractivity contribution in [2.45, 2.75) is 18.9 Å². The summed E-state index contributed by atoms with van der Waals surface area (Å²) in [5.41, 5.74) is 15.0. The van der Waals surface area contributed by atoms with E-state index in [0.29, 0.717) is 13.1 Å². The maximum Gasteiger partial charge on any atom is 0.287 e. The molecule has 3 rings (SSSR count). The molecule has 0 bridgehead atoms. The van der Waals surface area contributed by atoms with Gasteiger partial charge in [-0.1, -0.05) is 18.2 Å². The van der Waals surface area contributed by atoms with E-state index in [9.17, 15) is 4.79 Å². The zero-order chi connectivity index (χ0) is 19.2. The molecule has 0 saturated carbocycles. The summed E-state index contributed by atoms with van der Waals surface area (Å²) in [6, 6.07) is 13.6. The molecule has 1 amide bonds. The van der Waals surface area contributed by atoms with Crippen LogP contribution in [0.2, 0.25) is 0 Å². The van der Waals surface area contributed by atoms with Gasteiger partial charge in [0.2, 0.25) is 0 Å². The summed E-state index contributed by atoms with van der Waals surface area (Å²) in [5.74, 6) is 0.825. The summed E-state index contributed by atoms with van der Waals surface area (Å²) in [6.45, 7) is 0.995. The van der Waals surface area contributed by atoms with E-state index in [-0.39, 0.29) is 42.6 Å². The Hall–Kier alpha value is -2.32. The highest BCUT2D eigenvalue weighted by Crippen LogP contribution is 2.25. The fourth-order valence-electron chi connectivity index (χ4n) is 2.87. The second-order valence-corrected chi connectivity index (χ2v) is 6.45. The minimum atomic E-state index is -0.264. The lowest BCUT2D eigenvalue weighted by Gasteiger charge is -2.11. The number of H-pyrrole nitrogens is 1. The Kier molecular flexibility index (Phi) is 9.91. The van der Waals surface area contributed by atoms with E-state index in [1.165, 1.54) is 0 Å². The average molecular weight is 440 g/mol. The lowest BCUT2D eigenvalue weighted by atomic mass is 10.1. The number of carbonyl (C=O) groups excluding carboxylic acids is 1. The second-order valence-electron chi connectivity index (χ2n) is 6.45. The molecule has 0 aliphatic carbocycles. The molecule has 1 atom stereocenters. The summed E-state index contributed by atoms with van der Waals surface area (Å²) in [6.07, 6.45) is 1.62. The fraction of sp³-hybridized carbons (Fsp3) is 0.300. The van der Waals surface area contributed by atoms with E-state index < -0.39 is 0 Å². The number of halogens is 2. The highest BCUT2D eigenvalue weighted by Gasteiger charge is 2.13. The number of benzene rings is 2. The lowest BCUT2D eigenvalue weighted by Crippen LogP contribution is -2.37. The standard InChI is InChI=1S/C20H25N5O2.2ClH/c1-27-16-7-4-13(5-8-16)14-6-9-17-18(11-14)25-19(24-17)20(26)23-12-15(22)3-2-10-21;;/h4-9,11,15H,2-3,10,12,21-22H2,1H3,(H,23,26)(H,24,25);2*1H. The predicted octanol–water partition coefficient (Wildman–Crippen LogP) is 2.88. The third kappa shape index (κ3) is 6.33. The van der Waals surface area contributed by atoms with Gasteiger partial charge in [0, 0.05) is 12.6 Å². The van der Waals surface area contributed by atoms with Gasteiger partial charge in [-0.25, -0.2) is 4.98 Å². The molecule has 0 spiro atoms. The minimum Gasteiger partial charge on any atom is -0.497 e. The number of methoxy groups -OCH3 is 1. The number of amides is 1. The summed E-state index contributed by atoms with van der Waals surface area (Å²) >= 11 is 0. The largest absolute Gasteiger partial charge is 0.497 e. The molecular formula is C20H27Cl2N5O2. The fourth-order valence-corrected chi connectivity index (χ4v) is 2.87. The van der Waals surface area contributed by atoms with Crippen LogP contribution in [0.3, 0.4) is 0 Å². The molecule has 0 radical (unpaired) electrons. The van der Waals surface area contributed by atoms with Gasteiger partial charge in [-0.2, -0.15) is 0 Å². The number of nitrogens with one attached hydrogen (secondary N) is 2. The first-order valence-corrected chi connectivity index (χ1v) is 8.98. The number of ether oxygens (including phenoxy) is 1. The first-order valence-electron chi connectivity index (χ1n) is 8.98. The Morgan fingerprint density at radius 1 is 1.17 bits per heavy atom. The molecule has 2 aromatic carbocycles. The Labute approximate surface area is 182 Å². The molecule has 1 aromatic heterocycles. The van der Waals surface area contributed by atoms with Crippen molar-refractivity contribution in [1.29, 1.82) is 0 Å². The van der Waals surface area contributed by atoms with Crippen LogP contribution in [0, 0.1) is 0 Å². The summed E-state index contributed by atoms with van der Waals surface area (Å²) < 4.78 is 5.19. The number of aromatic amines is 1. The number of carbonyl (C=O) groups is 1. The van der Waals surface area contributed by atoms with Crippen LogP contribution in [0.15, 0.2) is 42.5 Å². The van der Waals surface area contributed by atoms with Gasteiger partial charge in [-0.3, -0.25) is 4.79 Å². The van der Waals surface area contributed by atoms with Gasteiger partial charge in [-0.05, 0) is 54.8 Å². The number of nitrogens with zero attached hydrogens (tertiary/aromatic N) is 1. The van der Waals surface area contributed by atoms with Crippen molar-refractivity contribution in [3.8, 4) is 16.9 Å². The van der Waals surface area contributed by atoms with E-state index in [4.69, 9.17) is 16.2 Å². The third-order valence-electron chi connectivity index (χ3n) is 4.43. The molecule has 0 fully saturated rings. The average Bonchev–Trinajstić information content (AvgIpc) is 3.14. The van der Waals surface area contributed by atoms with Crippen LogP contribution in [-0.2, 0) is 0 Å². The van der Waals surface area contributed by atoms with Gasteiger partial charge in [-0.15, -0.1) is 24.8 Å². The zero-order valence-electron chi connectivity index (χ0n) is 16.2. The summed E-state index contributed by atoms with van der Waals surface area (Å²) in [5, 5.41) is 2.82. The number of imidazole rings is 1. The topological polar surface area (TPSA) is 119 Å². The van der Waals surface area contributed by atoms with Crippen LogP contribution < -0.4 is 21.5 Å². The van der Waals surface area contributed by atoms with Crippen molar-refractivity contribution in [2.75, 3.05) is 20.2 Å². The molecule has 29 heavy (non-hydrogen) atoms.